The summed E-state index contributed by atoms with van der Waals surface area (Å²) in [6.07, 6.45) is 0. The number of rotatable bonds is 2. The van der Waals surface area contributed by atoms with E-state index in [1.54, 1.807) is 0 Å². The lowest BCUT2D eigenvalue weighted by molar-refractivity contribution is -0.118. The summed E-state index contributed by atoms with van der Waals surface area (Å²) in [7, 11) is 0. The highest BCUT2D eigenvalue weighted by Crippen LogP contribution is 2.21. The summed E-state index contributed by atoms with van der Waals surface area (Å²) >= 11 is -3.71. The first-order chi connectivity index (χ1) is 7.02. The number of hydrogen-bond acceptors (Lipinski definition) is 4. The molecule has 0 unspecified atom stereocenters. The number of nitrogens with one attached hydrogen (secondary N) is 1. The number of imide groups is 1. The van der Waals surface area contributed by atoms with E-state index < -0.39 is 31.6 Å². The van der Waals surface area contributed by atoms with Crippen molar-refractivity contribution in [1.29, 1.82) is 0 Å². The van der Waals surface area contributed by atoms with Gasteiger partial charge in [-0.3, -0.25) is 14.9 Å². The lowest BCUT2D eigenvalue weighted by Gasteiger charge is -2.02. The molecule has 2 amide bonds. The largest absolute Gasteiger partial charge is 0.341 e. The normalized spacial score (nSPS) is 10.0. The predicted octanol–water partition coefficient (Wildman–Crippen LogP) is 1.33. The first kappa shape index (κ1) is 11.8. The fourth-order valence-electron chi connectivity index (χ4n) is 1.01. The van der Waals surface area contributed by atoms with Crippen LogP contribution in [0.25, 0.3) is 0 Å². The molecule has 0 aliphatic carbocycles. The van der Waals surface area contributed by atoms with Gasteiger partial charge in [0.15, 0.2) is 0 Å². The quantitative estimate of drug-likeness (QED) is 0.834. The van der Waals surface area contributed by atoms with Crippen molar-refractivity contribution in [3.05, 3.63) is 33.4 Å². The van der Waals surface area contributed by atoms with E-state index in [-0.39, 0.29) is 9.13 Å². The molecule has 1 aromatic carbocycles. The molecule has 0 radical (unpaired) electrons. The van der Waals surface area contributed by atoms with Gasteiger partial charge >= 0.3 is 19.8 Å². The number of hydrogen-bond donors (Lipinski definition) is 1. The van der Waals surface area contributed by atoms with Gasteiger partial charge in [0.05, 0.1) is 9.13 Å². The van der Waals surface area contributed by atoms with E-state index in [1.807, 2.05) is 5.32 Å². The molecule has 0 fully saturated rings. The van der Waals surface area contributed by atoms with Crippen molar-refractivity contribution in [2.45, 2.75) is 6.92 Å². The van der Waals surface area contributed by atoms with Crippen LogP contribution >= 0.6 is 19.8 Å². The van der Waals surface area contributed by atoms with Crippen LogP contribution in [0.2, 0.25) is 0 Å². The molecule has 1 rings (SSSR count). The van der Waals surface area contributed by atoms with E-state index in [2.05, 4.69) is 0 Å². The molecule has 0 saturated heterocycles. The maximum atomic E-state index is 11.4. The predicted molar refractivity (Wildman–Crippen MR) is 58.7 cm³/mol. The van der Waals surface area contributed by atoms with Crippen molar-refractivity contribution in [3.8, 4) is 0 Å². The van der Waals surface area contributed by atoms with Crippen LogP contribution in [0.4, 0.5) is 0 Å². The average molecular weight is 321 g/mol. The molecular formula is C9H8INO4. The van der Waals surface area contributed by atoms with Crippen LogP contribution in [0.15, 0.2) is 24.3 Å². The summed E-state index contributed by atoms with van der Waals surface area (Å²) in [5.74, 6) is -1.21. The molecule has 0 aliphatic heterocycles. The molecule has 5 nitrogen and oxygen atoms in total. The lowest BCUT2D eigenvalue weighted by Crippen LogP contribution is -2.28. The third-order valence-corrected chi connectivity index (χ3v) is 3.46. The Morgan fingerprint density at radius 3 is 2.33 bits per heavy atom. The summed E-state index contributed by atoms with van der Waals surface area (Å²) < 4.78 is 21.8. The SMILES string of the molecule is CC(=O)NC(=O)c1ccccc1I(=O)=O. The molecule has 80 valence electrons. The first-order valence-corrected chi connectivity index (χ1v) is 6.82. The Labute approximate surface area is 93.0 Å². The minimum absolute atomic E-state index is 0.000417. The van der Waals surface area contributed by atoms with Crippen LogP contribution in [0.5, 0.6) is 0 Å². The zero-order valence-electron chi connectivity index (χ0n) is 7.82. The Kier molecular flexibility index (Phi) is 3.89. The maximum absolute atomic E-state index is 11.4. The monoisotopic (exact) mass is 321 g/mol. The molecule has 0 heterocycles. The van der Waals surface area contributed by atoms with E-state index in [1.165, 1.54) is 31.2 Å². The highest BCUT2D eigenvalue weighted by Gasteiger charge is 2.14. The van der Waals surface area contributed by atoms with Crippen molar-refractivity contribution >= 4 is 31.6 Å². The average Bonchev–Trinajstić information content (AvgIpc) is 2.16. The van der Waals surface area contributed by atoms with Crippen molar-refractivity contribution in [3.63, 3.8) is 0 Å². The molecule has 1 N–H and O–H groups in total. The van der Waals surface area contributed by atoms with Crippen molar-refractivity contribution in [2.75, 3.05) is 0 Å². The van der Waals surface area contributed by atoms with E-state index in [4.69, 9.17) is 0 Å². The number of carbonyl (C=O) groups is 2. The molecule has 0 saturated carbocycles. The van der Waals surface area contributed by atoms with Gasteiger partial charge in [0, 0.05) is 6.92 Å². The Morgan fingerprint density at radius 2 is 1.80 bits per heavy atom. The molecule has 0 spiro atoms. The van der Waals surface area contributed by atoms with Gasteiger partial charge in [-0.1, -0.05) is 12.1 Å². The smallest absolute Gasteiger partial charge is 0.293 e. The second kappa shape index (κ2) is 4.96. The molecule has 6 heteroatoms. The Bertz CT molecular complexity index is 471. The van der Waals surface area contributed by atoms with E-state index in [0.717, 1.165) is 0 Å². The molecule has 0 atom stereocenters. The van der Waals surface area contributed by atoms with Gasteiger partial charge < -0.3 is 0 Å². The Morgan fingerprint density at radius 1 is 1.20 bits per heavy atom. The fraction of sp³-hybridized carbons (Fsp3) is 0.111. The topological polar surface area (TPSA) is 80.3 Å². The van der Waals surface area contributed by atoms with E-state index >= 15 is 0 Å². The number of carbonyl (C=O) groups excluding carboxylic acids is 2. The van der Waals surface area contributed by atoms with E-state index in [9.17, 15) is 15.7 Å². The fourth-order valence-corrected chi connectivity index (χ4v) is 2.41. The zero-order chi connectivity index (χ0) is 11.4. The van der Waals surface area contributed by atoms with Crippen LogP contribution in [0, 0.1) is 3.57 Å². The highest BCUT2D eigenvalue weighted by atomic mass is 127. The summed E-state index contributed by atoms with van der Waals surface area (Å²) in [5, 5.41) is 2.02. The molecule has 1 aromatic rings. The Hall–Kier alpha value is -1.31. The van der Waals surface area contributed by atoms with Gasteiger partial charge in [0.25, 0.3) is 5.91 Å². The lowest BCUT2D eigenvalue weighted by atomic mass is 10.2. The summed E-state index contributed by atoms with van der Waals surface area (Å²) in [6.45, 7) is 1.19. The molecule has 15 heavy (non-hydrogen) atoms. The van der Waals surface area contributed by atoms with Crippen LogP contribution < -0.4 is 5.32 Å². The molecule has 0 bridgehead atoms. The molecule has 0 aromatic heterocycles. The van der Waals surface area contributed by atoms with Crippen molar-refractivity contribution < 1.29 is 15.7 Å². The molecular weight excluding hydrogens is 313 g/mol. The second-order valence-electron chi connectivity index (χ2n) is 2.71. The Balaban J connectivity index is 3.13. The summed E-state index contributed by atoms with van der Waals surface area (Å²) in [6, 6.07) is 5.78. The van der Waals surface area contributed by atoms with Crippen molar-refractivity contribution in [2.24, 2.45) is 0 Å². The number of amides is 2. The highest BCUT2D eigenvalue weighted by molar-refractivity contribution is 14.2. The van der Waals surface area contributed by atoms with Gasteiger partial charge in [-0.2, -0.15) is 0 Å². The standard InChI is InChI=1S/C9H8INO4/c1-6(12)11-9(13)7-4-2-3-5-8(7)10(14)15/h2-5H,1H3,(H,11,12,13). The second-order valence-corrected chi connectivity index (χ2v) is 5.11. The zero-order valence-corrected chi connectivity index (χ0v) is 9.98. The van der Waals surface area contributed by atoms with Crippen LogP contribution in [0.1, 0.15) is 17.3 Å². The minimum Gasteiger partial charge on any atom is -0.293 e. The van der Waals surface area contributed by atoms with Gasteiger partial charge in [0.2, 0.25) is 5.91 Å². The van der Waals surface area contributed by atoms with Crippen LogP contribution in [0.3, 0.4) is 0 Å². The van der Waals surface area contributed by atoms with Crippen molar-refractivity contribution in [1.82, 2.24) is 5.32 Å². The number of benzene rings is 1. The molecule has 0 aliphatic rings. The van der Waals surface area contributed by atoms with Gasteiger partial charge in [0.1, 0.15) is 0 Å². The van der Waals surface area contributed by atoms with Gasteiger partial charge in [-0.05, 0) is 12.1 Å². The summed E-state index contributed by atoms with van der Waals surface area (Å²) in [4.78, 5) is 22.0. The van der Waals surface area contributed by atoms with Gasteiger partial charge in [-0.15, -0.1) is 0 Å². The number of halogens is 1. The van der Waals surface area contributed by atoms with Crippen LogP contribution in [-0.4, -0.2) is 11.8 Å². The summed E-state index contributed by atoms with van der Waals surface area (Å²) in [5.41, 5.74) is 0.0166. The third-order valence-electron chi connectivity index (χ3n) is 1.57. The van der Waals surface area contributed by atoms with E-state index in [0.29, 0.717) is 0 Å². The van der Waals surface area contributed by atoms with Gasteiger partial charge in [-0.25, -0.2) is 6.14 Å². The first-order valence-electron chi connectivity index (χ1n) is 3.98. The third kappa shape index (κ3) is 3.08. The van der Waals surface area contributed by atoms with Crippen LogP contribution in [-0.2, 0) is 10.9 Å². The maximum Gasteiger partial charge on any atom is 0.341 e. The minimum atomic E-state index is -3.71.